The van der Waals surface area contributed by atoms with E-state index in [0.717, 1.165) is 19.6 Å². The van der Waals surface area contributed by atoms with Crippen LogP contribution in [0.15, 0.2) is 42.6 Å². The molecule has 3 nitrogen and oxygen atoms in total. The lowest BCUT2D eigenvalue weighted by Gasteiger charge is -2.06. The standard InChI is InChI=1S/C13H17N3/c1-2-16-13(8-9-15-16)11-14-10-12-6-4-3-5-7-12/h3-9,14H,2,10-11H2,1H3. The Morgan fingerprint density at radius 3 is 2.69 bits per heavy atom. The molecule has 0 fully saturated rings. The van der Waals surface area contributed by atoms with Gasteiger partial charge in [-0.25, -0.2) is 0 Å². The lowest BCUT2D eigenvalue weighted by Crippen LogP contribution is -2.16. The summed E-state index contributed by atoms with van der Waals surface area (Å²) in [6, 6.07) is 12.5. The summed E-state index contributed by atoms with van der Waals surface area (Å²) < 4.78 is 2.01. The molecule has 84 valence electrons. The quantitative estimate of drug-likeness (QED) is 0.828. The molecule has 1 aromatic carbocycles. The number of nitrogens with zero attached hydrogens (tertiary/aromatic N) is 2. The third kappa shape index (κ3) is 2.70. The molecule has 3 heteroatoms. The van der Waals surface area contributed by atoms with Crippen molar-refractivity contribution in [3.05, 3.63) is 53.9 Å². The summed E-state index contributed by atoms with van der Waals surface area (Å²) in [5.74, 6) is 0. The monoisotopic (exact) mass is 215 g/mol. The van der Waals surface area contributed by atoms with Crippen molar-refractivity contribution in [2.24, 2.45) is 0 Å². The number of nitrogens with one attached hydrogen (secondary N) is 1. The predicted octanol–water partition coefficient (Wildman–Crippen LogP) is 2.19. The van der Waals surface area contributed by atoms with Crippen LogP contribution in [0, 0.1) is 0 Å². The van der Waals surface area contributed by atoms with E-state index in [4.69, 9.17) is 0 Å². The molecule has 0 aliphatic heterocycles. The lowest BCUT2D eigenvalue weighted by molar-refractivity contribution is 0.581. The van der Waals surface area contributed by atoms with Crippen LogP contribution in [0.25, 0.3) is 0 Å². The van der Waals surface area contributed by atoms with Gasteiger partial charge in [-0.1, -0.05) is 30.3 Å². The highest BCUT2D eigenvalue weighted by molar-refractivity contribution is 5.14. The zero-order valence-electron chi connectivity index (χ0n) is 9.56. The zero-order chi connectivity index (χ0) is 11.2. The summed E-state index contributed by atoms with van der Waals surface area (Å²) in [6.07, 6.45) is 1.85. The Morgan fingerprint density at radius 1 is 1.12 bits per heavy atom. The molecule has 0 saturated heterocycles. The minimum atomic E-state index is 0.864. The van der Waals surface area contributed by atoms with Crippen LogP contribution in [0.3, 0.4) is 0 Å². The van der Waals surface area contributed by atoms with Gasteiger partial charge in [0.2, 0.25) is 0 Å². The van der Waals surface area contributed by atoms with Gasteiger partial charge in [0.15, 0.2) is 0 Å². The molecule has 0 aliphatic rings. The maximum atomic E-state index is 4.24. The second-order valence-corrected chi connectivity index (χ2v) is 3.73. The number of aromatic nitrogens is 2. The van der Waals surface area contributed by atoms with E-state index in [1.165, 1.54) is 11.3 Å². The number of rotatable bonds is 5. The lowest BCUT2D eigenvalue weighted by atomic mass is 10.2. The molecule has 0 unspecified atom stereocenters. The third-order valence-electron chi connectivity index (χ3n) is 2.58. The van der Waals surface area contributed by atoms with Gasteiger partial charge in [-0.15, -0.1) is 0 Å². The molecule has 0 saturated carbocycles. The van der Waals surface area contributed by atoms with Gasteiger partial charge < -0.3 is 5.32 Å². The Balaban J connectivity index is 1.85. The first-order valence-corrected chi connectivity index (χ1v) is 5.65. The highest BCUT2D eigenvalue weighted by atomic mass is 15.3. The summed E-state index contributed by atoms with van der Waals surface area (Å²) in [4.78, 5) is 0. The van der Waals surface area contributed by atoms with Gasteiger partial charge in [-0.3, -0.25) is 4.68 Å². The molecule has 16 heavy (non-hydrogen) atoms. The summed E-state index contributed by atoms with van der Waals surface area (Å²) in [6.45, 7) is 4.79. The van der Waals surface area contributed by atoms with E-state index in [1.54, 1.807) is 0 Å². The van der Waals surface area contributed by atoms with Crippen molar-refractivity contribution in [1.82, 2.24) is 15.1 Å². The van der Waals surface area contributed by atoms with Crippen molar-refractivity contribution in [2.45, 2.75) is 26.6 Å². The average molecular weight is 215 g/mol. The van der Waals surface area contributed by atoms with Gasteiger partial charge in [0.25, 0.3) is 0 Å². The molecule has 2 rings (SSSR count). The van der Waals surface area contributed by atoms with Crippen molar-refractivity contribution < 1.29 is 0 Å². The Bertz CT molecular complexity index is 420. The van der Waals surface area contributed by atoms with Crippen molar-refractivity contribution in [1.29, 1.82) is 0 Å². The topological polar surface area (TPSA) is 29.9 Å². The number of hydrogen-bond acceptors (Lipinski definition) is 2. The van der Waals surface area contributed by atoms with Crippen molar-refractivity contribution in [3.63, 3.8) is 0 Å². The van der Waals surface area contributed by atoms with Gasteiger partial charge in [0, 0.05) is 25.8 Å². The van der Waals surface area contributed by atoms with Gasteiger partial charge in [-0.05, 0) is 18.6 Å². The van der Waals surface area contributed by atoms with Crippen LogP contribution in [0.1, 0.15) is 18.2 Å². The molecule has 1 heterocycles. The van der Waals surface area contributed by atoms with Gasteiger partial charge in [0.05, 0.1) is 5.69 Å². The van der Waals surface area contributed by atoms with E-state index >= 15 is 0 Å². The van der Waals surface area contributed by atoms with E-state index < -0.39 is 0 Å². The molecule has 0 bridgehead atoms. The first-order chi connectivity index (χ1) is 7.90. The van der Waals surface area contributed by atoms with Crippen LogP contribution < -0.4 is 5.32 Å². The molecule has 0 spiro atoms. The Hall–Kier alpha value is -1.61. The van der Waals surface area contributed by atoms with Gasteiger partial charge >= 0.3 is 0 Å². The summed E-state index contributed by atoms with van der Waals surface area (Å²) in [7, 11) is 0. The first-order valence-electron chi connectivity index (χ1n) is 5.65. The van der Waals surface area contributed by atoms with Crippen molar-refractivity contribution in [3.8, 4) is 0 Å². The first kappa shape index (κ1) is 10.9. The Kier molecular flexibility index (Phi) is 3.72. The fourth-order valence-corrected chi connectivity index (χ4v) is 1.73. The minimum absolute atomic E-state index is 0.864. The maximum absolute atomic E-state index is 4.24. The van der Waals surface area contributed by atoms with Crippen molar-refractivity contribution in [2.75, 3.05) is 0 Å². The van der Waals surface area contributed by atoms with Crippen LogP contribution in [-0.4, -0.2) is 9.78 Å². The average Bonchev–Trinajstić information content (AvgIpc) is 2.78. The molecular formula is C13H17N3. The van der Waals surface area contributed by atoms with Gasteiger partial charge in [-0.2, -0.15) is 5.10 Å². The molecular weight excluding hydrogens is 198 g/mol. The molecule has 0 amide bonds. The molecule has 1 N–H and O–H groups in total. The summed E-state index contributed by atoms with van der Waals surface area (Å²) >= 11 is 0. The Morgan fingerprint density at radius 2 is 1.94 bits per heavy atom. The smallest absolute Gasteiger partial charge is 0.0522 e. The van der Waals surface area contributed by atoms with Crippen LogP contribution in [-0.2, 0) is 19.6 Å². The molecule has 1 aromatic heterocycles. The van der Waals surface area contributed by atoms with Crippen LogP contribution in [0.5, 0.6) is 0 Å². The van der Waals surface area contributed by atoms with Crippen LogP contribution in [0.4, 0.5) is 0 Å². The molecule has 0 aliphatic carbocycles. The van der Waals surface area contributed by atoms with E-state index in [2.05, 4.69) is 47.7 Å². The number of aryl methyl sites for hydroxylation is 1. The summed E-state index contributed by atoms with van der Waals surface area (Å²) in [5, 5.41) is 7.65. The largest absolute Gasteiger partial charge is 0.307 e. The second-order valence-electron chi connectivity index (χ2n) is 3.73. The van der Waals surface area contributed by atoms with E-state index in [1.807, 2.05) is 16.9 Å². The highest BCUT2D eigenvalue weighted by Crippen LogP contribution is 2.01. The second kappa shape index (κ2) is 5.47. The fraction of sp³-hybridized carbons (Fsp3) is 0.308. The van der Waals surface area contributed by atoms with Crippen LogP contribution >= 0.6 is 0 Å². The van der Waals surface area contributed by atoms with E-state index in [9.17, 15) is 0 Å². The highest BCUT2D eigenvalue weighted by Gasteiger charge is 1.99. The fourth-order valence-electron chi connectivity index (χ4n) is 1.73. The number of hydrogen-bond donors (Lipinski definition) is 1. The summed E-state index contributed by atoms with van der Waals surface area (Å²) in [5.41, 5.74) is 2.54. The maximum Gasteiger partial charge on any atom is 0.0522 e. The van der Waals surface area contributed by atoms with Gasteiger partial charge in [0.1, 0.15) is 0 Å². The molecule has 0 radical (unpaired) electrons. The molecule has 0 atom stereocenters. The number of benzene rings is 1. The van der Waals surface area contributed by atoms with Crippen LogP contribution in [0.2, 0.25) is 0 Å². The predicted molar refractivity (Wildman–Crippen MR) is 64.9 cm³/mol. The molecule has 2 aromatic rings. The Labute approximate surface area is 96.1 Å². The van der Waals surface area contributed by atoms with E-state index in [0.29, 0.717) is 0 Å². The third-order valence-corrected chi connectivity index (χ3v) is 2.58. The minimum Gasteiger partial charge on any atom is -0.307 e. The SMILES string of the molecule is CCn1nccc1CNCc1ccccc1. The van der Waals surface area contributed by atoms with Crippen molar-refractivity contribution >= 4 is 0 Å². The zero-order valence-corrected chi connectivity index (χ0v) is 9.56. The van der Waals surface area contributed by atoms with E-state index in [-0.39, 0.29) is 0 Å². The normalized spacial score (nSPS) is 10.6.